The van der Waals surface area contributed by atoms with Crippen molar-refractivity contribution in [3.63, 3.8) is 0 Å². The Kier molecular flexibility index (Phi) is 6.96. The van der Waals surface area contributed by atoms with Gasteiger partial charge in [0.05, 0.1) is 9.92 Å². The predicted octanol–water partition coefficient (Wildman–Crippen LogP) is 3.41. The van der Waals surface area contributed by atoms with Gasteiger partial charge >= 0.3 is 0 Å². The zero-order chi connectivity index (χ0) is 14.9. The number of sulfonamides is 1. The first-order valence-electron chi connectivity index (χ1n) is 6.56. The molecule has 4 nitrogen and oxygen atoms in total. The van der Waals surface area contributed by atoms with Gasteiger partial charge in [-0.3, -0.25) is 0 Å². The Bertz CT molecular complexity index is 596. The van der Waals surface area contributed by atoms with E-state index < -0.39 is 10.0 Å². The van der Waals surface area contributed by atoms with Crippen LogP contribution in [0.2, 0.25) is 5.02 Å². The molecule has 1 heterocycles. The first-order valence-corrected chi connectivity index (χ1v) is 9.17. The molecule has 1 aromatic carbocycles. The van der Waals surface area contributed by atoms with Crippen LogP contribution in [-0.2, 0) is 10.0 Å². The Morgan fingerprint density at radius 1 is 1.43 bits per heavy atom. The van der Waals surface area contributed by atoms with E-state index in [1.54, 1.807) is 12.1 Å². The number of hydrogen-bond acceptors (Lipinski definition) is 3. The molecule has 0 radical (unpaired) electrons. The molecule has 120 valence electrons. The van der Waals surface area contributed by atoms with Crippen molar-refractivity contribution >= 4 is 50.0 Å². The summed E-state index contributed by atoms with van der Waals surface area (Å²) < 4.78 is 27.7. The Balaban J connectivity index is 0.00000220. The maximum absolute atomic E-state index is 12.8. The van der Waals surface area contributed by atoms with Gasteiger partial charge in [-0.05, 0) is 53.9 Å². The highest BCUT2D eigenvalue weighted by molar-refractivity contribution is 9.10. The van der Waals surface area contributed by atoms with Gasteiger partial charge in [-0.2, -0.15) is 4.31 Å². The van der Waals surface area contributed by atoms with E-state index in [4.69, 9.17) is 17.3 Å². The number of rotatable bonds is 3. The van der Waals surface area contributed by atoms with E-state index in [0.717, 1.165) is 19.3 Å². The standard InChI is InChI=1S/C13H18BrClN2O2S.ClH/c1-9(16)13-4-2-3-7-17(13)20(18,19)10-5-6-12(15)11(14)8-10;/h5-6,8-9,13H,2-4,7,16H2,1H3;1H. The van der Waals surface area contributed by atoms with Crippen molar-refractivity contribution in [3.8, 4) is 0 Å². The van der Waals surface area contributed by atoms with Gasteiger partial charge in [-0.15, -0.1) is 12.4 Å². The number of halogens is 3. The van der Waals surface area contributed by atoms with Crippen LogP contribution in [0.4, 0.5) is 0 Å². The molecule has 2 unspecified atom stereocenters. The maximum atomic E-state index is 12.8. The Hall–Kier alpha value is 0.150. The number of hydrogen-bond donors (Lipinski definition) is 1. The lowest BCUT2D eigenvalue weighted by Crippen LogP contribution is -2.51. The van der Waals surface area contributed by atoms with Gasteiger partial charge in [-0.25, -0.2) is 8.42 Å². The molecular weight excluding hydrogens is 399 g/mol. The molecule has 1 fully saturated rings. The van der Waals surface area contributed by atoms with Gasteiger partial charge < -0.3 is 5.73 Å². The largest absolute Gasteiger partial charge is 0.326 e. The molecule has 2 rings (SSSR count). The summed E-state index contributed by atoms with van der Waals surface area (Å²) in [4.78, 5) is 0.251. The molecule has 8 heteroatoms. The normalized spacial score (nSPS) is 21.6. The summed E-state index contributed by atoms with van der Waals surface area (Å²) in [5, 5.41) is 0.492. The fourth-order valence-corrected chi connectivity index (χ4v) is 4.98. The topological polar surface area (TPSA) is 63.4 Å². The number of nitrogens with zero attached hydrogens (tertiary/aromatic N) is 1. The van der Waals surface area contributed by atoms with Crippen molar-refractivity contribution in [1.82, 2.24) is 4.31 Å². The van der Waals surface area contributed by atoms with Crippen LogP contribution < -0.4 is 5.73 Å². The van der Waals surface area contributed by atoms with E-state index in [9.17, 15) is 8.42 Å². The third kappa shape index (κ3) is 4.12. The Morgan fingerprint density at radius 2 is 2.10 bits per heavy atom. The molecule has 1 aliphatic heterocycles. The highest BCUT2D eigenvalue weighted by Gasteiger charge is 2.35. The lowest BCUT2D eigenvalue weighted by Gasteiger charge is -2.36. The van der Waals surface area contributed by atoms with E-state index in [0.29, 0.717) is 16.0 Å². The Labute approximate surface area is 145 Å². The van der Waals surface area contributed by atoms with Crippen molar-refractivity contribution in [1.29, 1.82) is 0 Å². The Morgan fingerprint density at radius 3 is 2.67 bits per heavy atom. The average molecular weight is 418 g/mol. The number of nitrogens with two attached hydrogens (primary N) is 1. The summed E-state index contributed by atoms with van der Waals surface area (Å²) in [7, 11) is -3.53. The van der Waals surface area contributed by atoms with E-state index in [-0.39, 0.29) is 29.4 Å². The summed E-state index contributed by atoms with van der Waals surface area (Å²) in [5.74, 6) is 0. The summed E-state index contributed by atoms with van der Waals surface area (Å²) in [5.41, 5.74) is 5.95. The molecule has 0 saturated carbocycles. The van der Waals surface area contributed by atoms with Crippen molar-refractivity contribution < 1.29 is 8.42 Å². The minimum atomic E-state index is -3.53. The highest BCUT2D eigenvalue weighted by atomic mass is 79.9. The zero-order valence-electron chi connectivity index (χ0n) is 11.6. The second-order valence-electron chi connectivity index (χ2n) is 5.11. The van der Waals surface area contributed by atoms with Crippen LogP contribution in [0.1, 0.15) is 26.2 Å². The fraction of sp³-hybridized carbons (Fsp3) is 0.538. The summed E-state index contributed by atoms with van der Waals surface area (Å²) in [6.45, 7) is 2.38. The van der Waals surface area contributed by atoms with Crippen LogP contribution >= 0.6 is 39.9 Å². The van der Waals surface area contributed by atoms with Gasteiger partial charge in [0.2, 0.25) is 10.0 Å². The van der Waals surface area contributed by atoms with Crippen molar-refractivity contribution in [3.05, 3.63) is 27.7 Å². The van der Waals surface area contributed by atoms with E-state index in [1.165, 1.54) is 10.4 Å². The minimum absolute atomic E-state index is 0. The van der Waals surface area contributed by atoms with Crippen molar-refractivity contribution in [2.45, 2.75) is 43.2 Å². The lowest BCUT2D eigenvalue weighted by atomic mass is 10.00. The smallest absolute Gasteiger partial charge is 0.243 e. The average Bonchev–Trinajstić information content (AvgIpc) is 2.41. The van der Waals surface area contributed by atoms with Gasteiger partial charge in [0.15, 0.2) is 0 Å². The molecule has 21 heavy (non-hydrogen) atoms. The molecule has 1 saturated heterocycles. The second-order valence-corrected chi connectivity index (χ2v) is 8.27. The highest BCUT2D eigenvalue weighted by Crippen LogP contribution is 2.30. The van der Waals surface area contributed by atoms with Crippen LogP contribution in [0.25, 0.3) is 0 Å². The maximum Gasteiger partial charge on any atom is 0.243 e. The van der Waals surface area contributed by atoms with Crippen LogP contribution in [0.3, 0.4) is 0 Å². The zero-order valence-corrected chi connectivity index (χ0v) is 15.6. The molecule has 0 spiro atoms. The molecule has 0 amide bonds. The lowest BCUT2D eigenvalue weighted by molar-refractivity contribution is 0.227. The molecule has 0 aliphatic carbocycles. The predicted molar refractivity (Wildman–Crippen MR) is 91.6 cm³/mol. The first-order chi connectivity index (χ1) is 9.34. The fourth-order valence-electron chi connectivity index (χ4n) is 2.53. The van der Waals surface area contributed by atoms with Crippen LogP contribution in [0.15, 0.2) is 27.6 Å². The van der Waals surface area contributed by atoms with Crippen LogP contribution in [0, 0.1) is 0 Å². The van der Waals surface area contributed by atoms with Gasteiger partial charge in [-0.1, -0.05) is 18.0 Å². The quantitative estimate of drug-likeness (QED) is 0.819. The summed E-state index contributed by atoms with van der Waals surface area (Å²) in [6.07, 6.45) is 2.70. The van der Waals surface area contributed by atoms with Crippen LogP contribution in [0.5, 0.6) is 0 Å². The molecule has 2 atom stereocenters. The van der Waals surface area contributed by atoms with E-state index in [2.05, 4.69) is 15.9 Å². The molecular formula is C13H19BrCl2N2O2S. The van der Waals surface area contributed by atoms with Gasteiger partial charge in [0.25, 0.3) is 0 Å². The van der Waals surface area contributed by atoms with E-state index >= 15 is 0 Å². The van der Waals surface area contributed by atoms with Gasteiger partial charge in [0, 0.05) is 23.1 Å². The van der Waals surface area contributed by atoms with Gasteiger partial charge in [0.1, 0.15) is 0 Å². The number of benzene rings is 1. The number of piperidine rings is 1. The van der Waals surface area contributed by atoms with Crippen molar-refractivity contribution in [2.75, 3.05) is 6.54 Å². The monoisotopic (exact) mass is 416 g/mol. The molecule has 1 aromatic rings. The second kappa shape index (κ2) is 7.62. The molecule has 2 N–H and O–H groups in total. The first kappa shape index (κ1) is 19.2. The summed E-state index contributed by atoms with van der Waals surface area (Å²) in [6, 6.07) is 4.35. The van der Waals surface area contributed by atoms with Crippen LogP contribution in [-0.4, -0.2) is 31.4 Å². The summed E-state index contributed by atoms with van der Waals surface area (Å²) >= 11 is 9.19. The molecule has 0 aromatic heterocycles. The SMILES string of the molecule is CC(N)C1CCCCN1S(=O)(=O)c1ccc(Cl)c(Br)c1.Cl. The third-order valence-corrected chi connectivity index (χ3v) is 6.74. The molecule has 1 aliphatic rings. The van der Waals surface area contributed by atoms with E-state index in [1.807, 2.05) is 6.92 Å². The third-order valence-electron chi connectivity index (χ3n) is 3.60. The minimum Gasteiger partial charge on any atom is -0.326 e. The van der Waals surface area contributed by atoms with Crippen molar-refractivity contribution in [2.24, 2.45) is 5.73 Å². The molecule has 0 bridgehead atoms.